The zero-order valence-corrected chi connectivity index (χ0v) is 7.90. The van der Waals surface area contributed by atoms with E-state index in [1.807, 2.05) is 18.2 Å². The Labute approximate surface area is 82.5 Å². The second kappa shape index (κ2) is 3.13. The van der Waals surface area contributed by atoms with E-state index in [0.29, 0.717) is 0 Å². The summed E-state index contributed by atoms with van der Waals surface area (Å²) in [4.78, 5) is 15.6. The summed E-state index contributed by atoms with van der Waals surface area (Å²) in [6, 6.07) is 0. The molecular formula is C10H14N2O2. The molecule has 2 aliphatic carbocycles. The summed E-state index contributed by atoms with van der Waals surface area (Å²) in [5.41, 5.74) is 6.32. The van der Waals surface area contributed by atoms with Crippen LogP contribution in [0.3, 0.4) is 0 Å². The van der Waals surface area contributed by atoms with Gasteiger partial charge in [0, 0.05) is 11.1 Å². The predicted molar refractivity (Wildman–Crippen MR) is 51.5 cm³/mol. The minimum absolute atomic E-state index is 0.0701. The highest BCUT2D eigenvalue weighted by atomic mass is 16.7. The van der Waals surface area contributed by atoms with Crippen LogP contribution in [-0.4, -0.2) is 5.97 Å². The van der Waals surface area contributed by atoms with Gasteiger partial charge in [-0.05, 0) is 25.3 Å². The Hall–Kier alpha value is -1.29. The van der Waals surface area contributed by atoms with E-state index < -0.39 is 0 Å². The number of nitrogens with two attached hydrogens (primary N) is 2. The van der Waals surface area contributed by atoms with Gasteiger partial charge in [-0.2, -0.15) is 5.90 Å². The van der Waals surface area contributed by atoms with Crippen molar-refractivity contribution in [2.75, 3.05) is 0 Å². The molecule has 1 saturated carbocycles. The molecule has 0 aliphatic heterocycles. The quantitative estimate of drug-likeness (QED) is 0.599. The number of carbonyl (C=O) groups excluding carboxylic acids is 1. The average molecular weight is 194 g/mol. The topological polar surface area (TPSA) is 78.3 Å². The highest BCUT2D eigenvalue weighted by Gasteiger charge is 2.49. The van der Waals surface area contributed by atoms with E-state index in [1.165, 1.54) is 0 Å². The van der Waals surface area contributed by atoms with Crippen LogP contribution in [0.1, 0.15) is 19.3 Å². The van der Waals surface area contributed by atoms with Crippen molar-refractivity contribution >= 4 is 5.97 Å². The van der Waals surface area contributed by atoms with E-state index in [1.54, 1.807) is 0 Å². The first-order chi connectivity index (χ1) is 6.68. The summed E-state index contributed by atoms with van der Waals surface area (Å²) in [6.45, 7) is 0. The van der Waals surface area contributed by atoms with Crippen molar-refractivity contribution in [3.8, 4) is 0 Å². The Morgan fingerprint density at radius 3 is 2.86 bits per heavy atom. The molecule has 2 aliphatic rings. The lowest BCUT2D eigenvalue weighted by atomic mass is 9.57. The Kier molecular flexibility index (Phi) is 2.07. The van der Waals surface area contributed by atoms with Crippen molar-refractivity contribution in [1.29, 1.82) is 0 Å². The number of hydrogen-bond acceptors (Lipinski definition) is 4. The predicted octanol–water partition coefficient (Wildman–Crippen LogP) is 0.602. The van der Waals surface area contributed by atoms with Crippen LogP contribution >= 0.6 is 0 Å². The summed E-state index contributed by atoms with van der Waals surface area (Å²) < 4.78 is 0. The Morgan fingerprint density at radius 1 is 1.64 bits per heavy atom. The van der Waals surface area contributed by atoms with Gasteiger partial charge in [-0.3, -0.25) is 4.79 Å². The molecule has 0 amide bonds. The Bertz CT molecular complexity index is 322. The van der Waals surface area contributed by atoms with Crippen LogP contribution in [0.25, 0.3) is 0 Å². The molecule has 0 bridgehead atoms. The third-order valence-corrected chi connectivity index (χ3v) is 3.32. The van der Waals surface area contributed by atoms with Crippen LogP contribution < -0.4 is 11.6 Å². The highest BCUT2D eigenvalue weighted by molar-refractivity contribution is 5.75. The van der Waals surface area contributed by atoms with Gasteiger partial charge in [-0.15, -0.1) is 0 Å². The summed E-state index contributed by atoms with van der Waals surface area (Å²) in [7, 11) is 0. The van der Waals surface area contributed by atoms with E-state index in [-0.39, 0.29) is 17.3 Å². The molecule has 2 rings (SSSR count). The van der Waals surface area contributed by atoms with Gasteiger partial charge in [0.1, 0.15) is 0 Å². The first-order valence-corrected chi connectivity index (χ1v) is 4.73. The zero-order valence-electron chi connectivity index (χ0n) is 7.90. The van der Waals surface area contributed by atoms with Crippen LogP contribution in [0.15, 0.2) is 23.9 Å². The standard InChI is InChI=1S/C10H14N2O2/c11-7-1-4-10(5-2-7)6-3-8(10)9(13)14-12/h1-2,4,8H,3,5-6,11-12H2. The van der Waals surface area contributed by atoms with Gasteiger partial charge < -0.3 is 10.6 Å². The summed E-state index contributed by atoms with van der Waals surface area (Å²) in [5.74, 6) is 4.49. The fraction of sp³-hybridized carbons (Fsp3) is 0.500. The van der Waals surface area contributed by atoms with Crippen LogP contribution in [0.5, 0.6) is 0 Å². The maximum atomic E-state index is 11.3. The lowest BCUT2D eigenvalue weighted by molar-refractivity contribution is -0.159. The van der Waals surface area contributed by atoms with Crippen molar-refractivity contribution in [1.82, 2.24) is 0 Å². The van der Waals surface area contributed by atoms with Gasteiger partial charge in [-0.25, -0.2) is 0 Å². The molecular weight excluding hydrogens is 180 g/mol. The number of rotatable bonds is 1. The van der Waals surface area contributed by atoms with Crippen molar-refractivity contribution in [2.45, 2.75) is 19.3 Å². The van der Waals surface area contributed by atoms with E-state index in [0.717, 1.165) is 25.0 Å². The lowest BCUT2D eigenvalue weighted by Crippen LogP contribution is -2.45. The molecule has 1 spiro atoms. The molecule has 2 unspecified atom stereocenters. The molecule has 2 atom stereocenters. The minimum Gasteiger partial charge on any atom is -0.399 e. The van der Waals surface area contributed by atoms with Crippen molar-refractivity contribution < 1.29 is 9.63 Å². The largest absolute Gasteiger partial charge is 0.399 e. The molecule has 0 saturated heterocycles. The van der Waals surface area contributed by atoms with Crippen LogP contribution in [-0.2, 0) is 9.63 Å². The Balaban J connectivity index is 2.12. The van der Waals surface area contributed by atoms with E-state index in [9.17, 15) is 4.79 Å². The van der Waals surface area contributed by atoms with Crippen LogP contribution in [0, 0.1) is 11.3 Å². The summed E-state index contributed by atoms with van der Waals surface area (Å²) in [6.07, 6.45) is 8.51. The van der Waals surface area contributed by atoms with E-state index in [2.05, 4.69) is 4.84 Å². The van der Waals surface area contributed by atoms with Gasteiger partial charge in [0.25, 0.3) is 0 Å². The highest BCUT2D eigenvalue weighted by Crippen LogP contribution is 2.52. The van der Waals surface area contributed by atoms with Crippen LogP contribution in [0.4, 0.5) is 0 Å². The van der Waals surface area contributed by atoms with Gasteiger partial charge in [0.05, 0.1) is 5.92 Å². The molecule has 1 fully saturated rings. The maximum Gasteiger partial charge on any atom is 0.328 e. The fourth-order valence-corrected chi connectivity index (χ4v) is 2.24. The third-order valence-electron chi connectivity index (χ3n) is 3.32. The first kappa shape index (κ1) is 9.27. The molecule has 0 heterocycles. The molecule has 0 aromatic heterocycles. The molecule has 4 heteroatoms. The molecule has 14 heavy (non-hydrogen) atoms. The number of allylic oxidation sites excluding steroid dienone is 3. The smallest absolute Gasteiger partial charge is 0.328 e. The van der Waals surface area contributed by atoms with E-state index in [4.69, 9.17) is 11.6 Å². The lowest BCUT2D eigenvalue weighted by Gasteiger charge is -2.46. The van der Waals surface area contributed by atoms with Crippen molar-refractivity contribution in [3.63, 3.8) is 0 Å². The second-order valence-corrected chi connectivity index (χ2v) is 4.00. The van der Waals surface area contributed by atoms with Crippen molar-refractivity contribution in [2.24, 2.45) is 23.0 Å². The molecule has 0 radical (unpaired) electrons. The second-order valence-electron chi connectivity index (χ2n) is 4.00. The van der Waals surface area contributed by atoms with Crippen molar-refractivity contribution in [3.05, 3.63) is 23.9 Å². The third kappa shape index (κ3) is 1.23. The SMILES string of the molecule is NOC(=O)C1CCC12C=CC(N)=CC2. The fourth-order valence-electron chi connectivity index (χ4n) is 2.24. The summed E-state index contributed by atoms with van der Waals surface area (Å²) >= 11 is 0. The number of hydrogen-bond donors (Lipinski definition) is 2. The average Bonchev–Trinajstić information content (AvgIpc) is 2.17. The van der Waals surface area contributed by atoms with E-state index >= 15 is 0 Å². The van der Waals surface area contributed by atoms with Crippen LogP contribution in [0.2, 0.25) is 0 Å². The Morgan fingerprint density at radius 2 is 2.43 bits per heavy atom. The number of carbonyl (C=O) groups is 1. The molecule has 76 valence electrons. The zero-order chi connectivity index (χ0) is 10.2. The first-order valence-electron chi connectivity index (χ1n) is 4.73. The van der Waals surface area contributed by atoms with Gasteiger partial charge >= 0.3 is 5.97 Å². The van der Waals surface area contributed by atoms with Gasteiger partial charge in [0.15, 0.2) is 0 Å². The molecule has 0 aromatic rings. The molecule has 0 aromatic carbocycles. The van der Waals surface area contributed by atoms with Gasteiger partial charge in [0.2, 0.25) is 0 Å². The molecule has 4 nitrogen and oxygen atoms in total. The normalized spacial score (nSPS) is 34.9. The molecule has 4 N–H and O–H groups in total. The van der Waals surface area contributed by atoms with Gasteiger partial charge in [-0.1, -0.05) is 12.2 Å². The summed E-state index contributed by atoms with van der Waals surface area (Å²) in [5, 5.41) is 0. The minimum atomic E-state index is -0.310. The maximum absolute atomic E-state index is 11.3. The monoisotopic (exact) mass is 194 g/mol.